The predicted octanol–water partition coefficient (Wildman–Crippen LogP) is 5.46. The molecule has 0 saturated carbocycles. The molecule has 2 aliphatic rings. The average molecular weight is 529 g/mol. The second-order valence-corrected chi connectivity index (χ2v) is 12.2. The van der Waals surface area contributed by atoms with E-state index in [1.54, 1.807) is 18.2 Å². The number of carbonyl (C=O) groups excluding carboxylic acids is 3. The van der Waals surface area contributed by atoms with Crippen LogP contribution in [0.1, 0.15) is 60.2 Å². The summed E-state index contributed by atoms with van der Waals surface area (Å²) in [5.41, 5.74) is 2.79. The number of benzene rings is 2. The number of nitrogens with zero attached hydrogens (tertiary/aromatic N) is 2. The summed E-state index contributed by atoms with van der Waals surface area (Å²) in [7, 11) is 0. The van der Waals surface area contributed by atoms with Crippen molar-refractivity contribution >= 4 is 39.4 Å². The molecule has 6 rings (SSSR count). The van der Waals surface area contributed by atoms with Crippen LogP contribution < -0.4 is 0 Å². The molecule has 2 bridgehead atoms. The van der Waals surface area contributed by atoms with E-state index in [1.807, 2.05) is 55.7 Å². The molecule has 0 radical (unpaired) electrons. The fourth-order valence-corrected chi connectivity index (χ4v) is 6.24. The van der Waals surface area contributed by atoms with Gasteiger partial charge in [0.2, 0.25) is 5.91 Å². The number of aromatic amines is 2. The highest BCUT2D eigenvalue weighted by atomic mass is 19.1. The maximum atomic E-state index is 14.2. The van der Waals surface area contributed by atoms with Crippen molar-refractivity contribution in [1.82, 2.24) is 19.8 Å². The fraction of sp³-hybridized carbons (Fsp3) is 0.387. The molecule has 4 aromatic rings. The van der Waals surface area contributed by atoms with E-state index >= 15 is 0 Å². The summed E-state index contributed by atoms with van der Waals surface area (Å²) >= 11 is 0. The zero-order chi connectivity index (χ0) is 27.6. The lowest BCUT2D eigenvalue weighted by molar-refractivity contribution is -0.141. The summed E-state index contributed by atoms with van der Waals surface area (Å²) in [4.78, 5) is 50.4. The summed E-state index contributed by atoms with van der Waals surface area (Å²) in [6, 6.07) is 14.2. The van der Waals surface area contributed by atoms with E-state index in [0.29, 0.717) is 35.4 Å². The van der Waals surface area contributed by atoms with Gasteiger partial charge in [-0.1, -0.05) is 44.5 Å². The Hall–Kier alpha value is -3.94. The Morgan fingerprint density at radius 1 is 0.949 bits per heavy atom. The second kappa shape index (κ2) is 9.07. The molecule has 7 nitrogen and oxygen atoms in total. The molecule has 202 valence electrons. The van der Waals surface area contributed by atoms with Gasteiger partial charge in [-0.15, -0.1) is 0 Å². The largest absolute Gasteiger partial charge is 0.351 e. The van der Waals surface area contributed by atoms with Crippen molar-refractivity contribution in [1.29, 1.82) is 0 Å². The van der Waals surface area contributed by atoms with E-state index in [2.05, 4.69) is 16.0 Å². The van der Waals surface area contributed by atoms with Crippen molar-refractivity contribution in [3.05, 3.63) is 71.3 Å². The van der Waals surface area contributed by atoms with E-state index < -0.39 is 17.2 Å². The number of carbonyl (C=O) groups is 3. The first kappa shape index (κ1) is 25.3. The van der Waals surface area contributed by atoms with Crippen LogP contribution in [0.5, 0.6) is 0 Å². The average Bonchev–Trinajstić information content (AvgIpc) is 3.67. The molecule has 2 fully saturated rings. The van der Waals surface area contributed by atoms with E-state index in [0.717, 1.165) is 22.9 Å². The van der Waals surface area contributed by atoms with E-state index in [4.69, 9.17) is 0 Å². The lowest BCUT2D eigenvalue weighted by Gasteiger charge is -2.39. The summed E-state index contributed by atoms with van der Waals surface area (Å²) < 4.78 is 14.2. The Kier molecular flexibility index (Phi) is 5.90. The number of aromatic nitrogens is 2. The highest BCUT2D eigenvalue weighted by molar-refractivity contribution is 6.02. The summed E-state index contributed by atoms with van der Waals surface area (Å²) in [5, 5.41) is 1.64. The number of hydrogen-bond acceptors (Lipinski definition) is 3. The molecular weight excluding hydrogens is 495 g/mol. The number of ketones is 1. The number of fused-ring (bicyclic) bond motifs is 4. The van der Waals surface area contributed by atoms with Crippen LogP contribution in [-0.2, 0) is 4.79 Å². The number of likely N-dealkylation sites (tertiary alicyclic amines) is 2. The molecule has 0 spiro atoms. The fourth-order valence-electron chi connectivity index (χ4n) is 6.24. The van der Waals surface area contributed by atoms with E-state index in [9.17, 15) is 18.8 Å². The number of Topliss-reactive ketones (excluding diaryl/α,β-unsaturated/α-hetero) is 1. The molecule has 2 amide bonds. The van der Waals surface area contributed by atoms with Gasteiger partial charge in [-0.05, 0) is 49.1 Å². The minimum Gasteiger partial charge on any atom is -0.351 e. The zero-order valence-electron chi connectivity index (χ0n) is 22.7. The van der Waals surface area contributed by atoms with Gasteiger partial charge in [0.05, 0.1) is 29.2 Å². The number of H-pyrrole nitrogens is 2. The van der Waals surface area contributed by atoms with Gasteiger partial charge in [0.1, 0.15) is 11.5 Å². The number of aryl methyl sites for hydroxylation is 1. The Morgan fingerprint density at radius 3 is 2.36 bits per heavy atom. The first-order valence-electron chi connectivity index (χ1n) is 13.5. The molecule has 0 unspecified atom stereocenters. The number of rotatable bonds is 5. The van der Waals surface area contributed by atoms with Crippen molar-refractivity contribution in [2.75, 3.05) is 13.1 Å². The molecule has 39 heavy (non-hydrogen) atoms. The first-order chi connectivity index (χ1) is 18.5. The Bertz CT molecular complexity index is 1630. The molecular formula is C31H33FN4O3. The third kappa shape index (κ3) is 4.41. The van der Waals surface area contributed by atoms with Crippen LogP contribution in [0.3, 0.4) is 0 Å². The molecule has 2 aliphatic heterocycles. The lowest BCUT2D eigenvalue weighted by Crippen LogP contribution is -2.53. The van der Waals surface area contributed by atoms with Crippen molar-refractivity contribution in [2.45, 2.75) is 52.6 Å². The third-order valence-corrected chi connectivity index (χ3v) is 8.43. The van der Waals surface area contributed by atoms with Crippen LogP contribution in [0.2, 0.25) is 0 Å². The van der Waals surface area contributed by atoms with Crippen molar-refractivity contribution in [3.63, 3.8) is 0 Å². The summed E-state index contributed by atoms with van der Waals surface area (Å²) in [6.07, 6.45) is 0.769. The van der Waals surface area contributed by atoms with Crippen molar-refractivity contribution in [2.24, 2.45) is 11.3 Å². The number of piperazine rings is 1. The third-order valence-electron chi connectivity index (χ3n) is 8.43. The Balaban J connectivity index is 1.17. The number of hydrogen-bond donors (Lipinski definition) is 2. The number of halogens is 1. The minimum atomic E-state index is -0.540. The van der Waals surface area contributed by atoms with Crippen LogP contribution in [0.4, 0.5) is 4.39 Å². The van der Waals surface area contributed by atoms with Crippen LogP contribution in [0.25, 0.3) is 21.8 Å². The maximum Gasteiger partial charge on any atom is 0.270 e. The Morgan fingerprint density at radius 2 is 1.67 bits per heavy atom. The van der Waals surface area contributed by atoms with Gasteiger partial charge in [-0.25, -0.2) is 4.39 Å². The van der Waals surface area contributed by atoms with Gasteiger partial charge < -0.3 is 19.8 Å². The lowest BCUT2D eigenvalue weighted by atomic mass is 9.76. The molecule has 3 atom stereocenters. The predicted molar refractivity (Wildman–Crippen MR) is 148 cm³/mol. The molecule has 2 saturated heterocycles. The second-order valence-electron chi connectivity index (χ2n) is 12.2. The first-order valence-corrected chi connectivity index (χ1v) is 13.5. The normalized spacial score (nSPS) is 19.8. The van der Waals surface area contributed by atoms with Gasteiger partial charge >= 0.3 is 0 Å². The topological polar surface area (TPSA) is 89.3 Å². The number of amides is 2. The van der Waals surface area contributed by atoms with E-state index in [1.165, 1.54) is 6.07 Å². The van der Waals surface area contributed by atoms with Crippen LogP contribution in [-0.4, -0.2) is 62.5 Å². The van der Waals surface area contributed by atoms with Crippen LogP contribution in [0.15, 0.2) is 48.5 Å². The molecule has 8 heteroatoms. The number of para-hydroxylation sites is 1. The van der Waals surface area contributed by atoms with Gasteiger partial charge in [0.25, 0.3) is 5.91 Å². The SMILES string of the molecule is Cc1ccc2[nH]c(C(=O)N3C[C@@H]4C[C@H]3CN4C(=O)[C@@H](CC(=O)c3cc4cccc(F)c4[nH]3)C(C)(C)C)cc2c1. The monoisotopic (exact) mass is 528 g/mol. The molecule has 2 aromatic carbocycles. The quantitative estimate of drug-likeness (QED) is 0.337. The van der Waals surface area contributed by atoms with Crippen LogP contribution >= 0.6 is 0 Å². The number of nitrogens with one attached hydrogen (secondary N) is 2. The molecule has 2 aromatic heterocycles. The van der Waals surface area contributed by atoms with E-state index in [-0.39, 0.29) is 36.1 Å². The van der Waals surface area contributed by atoms with Crippen molar-refractivity contribution in [3.8, 4) is 0 Å². The molecule has 0 aliphatic carbocycles. The highest BCUT2D eigenvalue weighted by Gasteiger charge is 2.50. The van der Waals surface area contributed by atoms with Crippen LogP contribution in [0, 0.1) is 24.1 Å². The van der Waals surface area contributed by atoms with Crippen molar-refractivity contribution < 1.29 is 18.8 Å². The zero-order valence-corrected chi connectivity index (χ0v) is 22.7. The van der Waals surface area contributed by atoms with Gasteiger partial charge in [-0.2, -0.15) is 0 Å². The van der Waals surface area contributed by atoms with Gasteiger partial charge in [-0.3, -0.25) is 14.4 Å². The molecule has 4 heterocycles. The summed E-state index contributed by atoms with van der Waals surface area (Å²) in [6.45, 7) is 8.88. The summed E-state index contributed by atoms with van der Waals surface area (Å²) in [5.74, 6) is -1.27. The molecule has 2 N–H and O–H groups in total. The Labute approximate surface area is 226 Å². The standard InChI is InChI=1S/C31H33FN4O3/c1-17-8-9-24-19(10-17)12-26(33-24)30(39)36-16-20-13-21(36)15-35(20)29(38)22(31(2,3)4)14-27(37)25-11-18-6-5-7-23(32)28(18)34-25/h5-12,20-22,33-34H,13-16H2,1-4H3/t20-,21-,22+/m0/s1. The minimum absolute atomic E-state index is 0.0296. The smallest absolute Gasteiger partial charge is 0.270 e. The van der Waals surface area contributed by atoms with Gasteiger partial charge in [0.15, 0.2) is 5.78 Å². The highest BCUT2D eigenvalue weighted by Crippen LogP contribution is 2.38. The van der Waals surface area contributed by atoms with Gasteiger partial charge in [0, 0.05) is 35.8 Å². The maximum absolute atomic E-state index is 14.2.